The van der Waals surface area contributed by atoms with Crippen molar-refractivity contribution in [3.05, 3.63) is 28.2 Å². The van der Waals surface area contributed by atoms with Crippen LogP contribution >= 0.6 is 15.9 Å². The number of halogens is 2. The van der Waals surface area contributed by atoms with Gasteiger partial charge in [-0.15, -0.1) is 0 Å². The molecule has 4 nitrogen and oxygen atoms in total. The zero-order valence-corrected chi connectivity index (χ0v) is 10.2. The van der Waals surface area contributed by atoms with Crippen LogP contribution in [0.3, 0.4) is 0 Å². The molecule has 0 atom stereocenters. The largest absolute Gasteiger partial charge is 0.490 e. The second kappa shape index (κ2) is 6.32. The van der Waals surface area contributed by atoms with Gasteiger partial charge in [0.15, 0.2) is 5.96 Å². The van der Waals surface area contributed by atoms with Gasteiger partial charge in [-0.3, -0.25) is 5.41 Å². The normalized spacial score (nSPS) is 9.88. The number of hydrogen-bond donors (Lipinski definition) is 3. The summed E-state index contributed by atoms with van der Waals surface area (Å²) in [7, 11) is 0. The van der Waals surface area contributed by atoms with Gasteiger partial charge in [0.1, 0.15) is 19.0 Å². The van der Waals surface area contributed by atoms with Gasteiger partial charge in [0.2, 0.25) is 0 Å². The van der Waals surface area contributed by atoms with Gasteiger partial charge in [0.05, 0.1) is 4.47 Å². The van der Waals surface area contributed by atoms with Crippen LogP contribution in [0.15, 0.2) is 22.7 Å². The number of ether oxygens (including phenoxy) is 1. The van der Waals surface area contributed by atoms with E-state index in [1.165, 1.54) is 0 Å². The Labute approximate surface area is 102 Å². The Bertz CT molecular complexity index is 373. The van der Waals surface area contributed by atoms with Crippen LogP contribution in [0.2, 0.25) is 0 Å². The molecule has 0 aliphatic heterocycles. The number of hydrogen-bond acceptors (Lipinski definition) is 2. The molecular weight excluding hydrogens is 277 g/mol. The van der Waals surface area contributed by atoms with Crippen molar-refractivity contribution in [3.8, 4) is 5.75 Å². The molecule has 0 aliphatic carbocycles. The van der Waals surface area contributed by atoms with Crippen molar-refractivity contribution in [2.45, 2.75) is 6.54 Å². The standard InChI is InChI=1S/C10H13BrFN3O/c11-8-2-1-7(6-15-10(13)14)5-9(8)16-4-3-12/h1-2,5H,3-4,6H2,(H4,13,14,15). The van der Waals surface area contributed by atoms with Crippen LogP contribution in [0.25, 0.3) is 0 Å². The molecule has 0 fully saturated rings. The SMILES string of the molecule is N=C(N)NCc1ccc(Br)c(OCCF)c1. The molecular formula is C10H13BrFN3O. The Morgan fingerprint density at radius 3 is 2.94 bits per heavy atom. The molecule has 0 bridgehead atoms. The van der Waals surface area contributed by atoms with Crippen LogP contribution in [0.1, 0.15) is 5.56 Å². The molecule has 0 saturated carbocycles. The van der Waals surface area contributed by atoms with E-state index >= 15 is 0 Å². The molecule has 0 aliphatic rings. The quantitative estimate of drug-likeness (QED) is 0.572. The fourth-order valence-corrected chi connectivity index (χ4v) is 1.48. The summed E-state index contributed by atoms with van der Waals surface area (Å²) in [5.41, 5.74) is 6.08. The van der Waals surface area contributed by atoms with Crippen LogP contribution < -0.4 is 15.8 Å². The molecule has 1 aromatic carbocycles. The average molecular weight is 290 g/mol. The van der Waals surface area contributed by atoms with Gasteiger partial charge in [0.25, 0.3) is 0 Å². The van der Waals surface area contributed by atoms with Crippen molar-refractivity contribution in [1.82, 2.24) is 5.32 Å². The minimum atomic E-state index is -0.525. The van der Waals surface area contributed by atoms with E-state index in [1.54, 1.807) is 6.07 Å². The van der Waals surface area contributed by atoms with Crippen LogP contribution in [-0.4, -0.2) is 19.2 Å². The third-order valence-corrected chi connectivity index (χ3v) is 2.47. The number of alkyl halides is 1. The van der Waals surface area contributed by atoms with E-state index in [0.29, 0.717) is 12.3 Å². The van der Waals surface area contributed by atoms with Gasteiger partial charge in [-0.25, -0.2) is 4.39 Å². The molecule has 88 valence electrons. The maximum atomic E-state index is 12.0. The highest BCUT2D eigenvalue weighted by molar-refractivity contribution is 9.10. The Kier molecular flexibility index (Phi) is 5.04. The zero-order valence-electron chi connectivity index (χ0n) is 8.59. The molecule has 0 aromatic heterocycles. The Balaban J connectivity index is 2.68. The number of nitrogens with two attached hydrogens (primary N) is 1. The summed E-state index contributed by atoms with van der Waals surface area (Å²) in [6.07, 6.45) is 0. The summed E-state index contributed by atoms with van der Waals surface area (Å²) < 4.78 is 17.9. The lowest BCUT2D eigenvalue weighted by Gasteiger charge is -2.09. The van der Waals surface area contributed by atoms with Crippen molar-refractivity contribution in [3.63, 3.8) is 0 Å². The van der Waals surface area contributed by atoms with Gasteiger partial charge in [0, 0.05) is 6.54 Å². The summed E-state index contributed by atoms with van der Waals surface area (Å²) in [5.74, 6) is 0.495. The third-order valence-electron chi connectivity index (χ3n) is 1.81. The Hall–Kier alpha value is -1.30. The smallest absolute Gasteiger partial charge is 0.185 e. The van der Waals surface area contributed by atoms with Gasteiger partial charge in [-0.2, -0.15) is 0 Å². The van der Waals surface area contributed by atoms with E-state index in [2.05, 4.69) is 21.2 Å². The van der Waals surface area contributed by atoms with Crippen LogP contribution in [0.4, 0.5) is 4.39 Å². The van der Waals surface area contributed by atoms with Crippen LogP contribution in [0.5, 0.6) is 5.75 Å². The molecule has 0 spiro atoms. The molecule has 6 heteroatoms. The van der Waals surface area contributed by atoms with E-state index in [0.717, 1.165) is 10.0 Å². The fourth-order valence-electron chi connectivity index (χ4n) is 1.11. The minimum Gasteiger partial charge on any atom is -0.490 e. The van der Waals surface area contributed by atoms with Crippen LogP contribution in [0, 0.1) is 5.41 Å². The summed E-state index contributed by atoms with van der Waals surface area (Å²) in [6.45, 7) is -0.0564. The van der Waals surface area contributed by atoms with Crippen molar-refractivity contribution in [2.75, 3.05) is 13.3 Å². The first-order valence-corrected chi connectivity index (χ1v) is 5.48. The zero-order chi connectivity index (χ0) is 12.0. The number of rotatable bonds is 5. The molecule has 0 saturated heterocycles. The Morgan fingerprint density at radius 1 is 1.56 bits per heavy atom. The Morgan fingerprint density at radius 2 is 2.31 bits per heavy atom. The third kappa shape index (κ3) is 4.06. The van der Waals surface area contributed by atoms with Gasteiger partial charge in [-0.1, -0.05) is 6.07 Å². The maximum absolute atomic E-state index is 12.0. The molecule has 0 unspecified atom stereocenters. The summed E-state index contributed by atoms with van der Waals surface area (Å²) in [5, 5.41) is 9.71. The van der Waals surface area contributed by atoms with E-state index in [9.17, 15) is 4.39 Å². The first kappa shape index (κ1) is 12.8. The summed E-state index contributed by atoms with van der Waals surface area (Å²) in [4.78, 5) is 0. The number of nitrogens with one attached hydrogen (secondary N) is 2. The molecule has 0 amide bonds. The second-order valence-corrected chi connectivity index (χ2v) is 3.92. The first-order valence-electron chi connectivity index (χ1n) is 4.68. The first-order chi connectivity index (χ1) is 7.63. The van der Waals surface area contributed by atoms with Crippen molar-refractivity contribution in [2.24, 2.45) is 5.73 Å². The molecule has 0 heterocycles. The molecule has 1 aromatic rings. The molecule has 0 radical (unpaired) electrons. The average Bonchev–Trinajstić information content (AvgIpc) is 2.26. The van der Waals surface area contributed by atoms with E-state index in [4.69, 9.17) is 15.9 Å². The predicted molar refractivity (Wildman–Crippen MR) is 64.4 cm³/mol. The summed E-state index contributed by atoms with van der Waals surface area (Å²) in [6, 6.07) is 5.45. The highest BCUT2D eigenvalue weighted by Gasteiger charge is 2.03. The van der Waals surface area contributed by atoms with E-state index in [1.807, 2.05) is 12.1 Å². The lowest BCUT2D eigenvalue weighted by Crippen LogP contribution is -2.29. The molecule has 16 heavy (non-hydrogen) atoms. The maximum Gasteiger partial charge on any atom is 0.185 e. The van der Waals surface area contributed by atoms with Gasteiger partial charge >= 0.3 is 0 Å². The van der Waals surface area contributed by atoms with Crippen LogP contribution in [-0.2, 0) is 6.54 Å². The highest BCUT2D eigenvalue weighted by Crippen LogP contribution is 2.26. The molecule has 4 N–H and O–H groups in total. The van der Waals surface area contributed by atoms with E-state index in [-0.39, 0.29) is 12.6 Å². The minimum absolute atomic E-state index is 0.0300. The van der Waals surface area contributed by atoms with Crippen molar-refractivity contribution >= 4 is 21.9 Å². The fraction of sp³-hybridized carbons (Fsp3) is 0.300. The van der Waals surface area contributed by atoms with Crippen molar-refractivity contribution < 1.29 is 9.13 Å². The lowest BCUT2D eigenvalue weighted by molar-refractivity contribution is 0.271. The van der Waals surface area contributed by atoms with Crippen molar-refractivity contribution in [1.29, 1.82) is 5.41 Å². The number of benzene rings is 1. The predicted octanol–water partition coefficient (Wildman–Crippen LogP) is 1.78. The van der Waals surface area contributed by atoms with Gasteiger partial charge in [-0.05, 0) is 33.6 Å². The van der Waals surface area contributed by atoms with Gasteiger partial charge < -0.3 is 15.8 Å². The topological polar surface area (TPSA) is 71.1 Å². The molecule has 1 rings (SSSR count). The second-order valence-electron chi connectivity index (χ2n) is 3.07. The lowest BCUT2D eigenvalue weighted by atomic mass is 10.2. The highest BCUT2D eigenvalue weighted by atomic mass is 79.9. The number of guanidine groups is 1. The van der Waals surface area contributed by atoms with E-state index < -0.39 is 6.67 Å². The monoisotopic (exact) mass is 289 g/mol. The summed E-state index contributed by atoms with van der Waals surface area (Å²) >= 11 is 3.31.